The average molecular weight is 414 g/mol. The molecular weight excluding hydrogens is 386 g/mol. The predicted molar refractivity (Wildman–Crippen MR) is 117 cm³/mol. The van der Waals surface area contributed by atoms with Crippen LogP contribution in [-0.4, -0.2) is 36.3 Å². The molecule has 1 saturated heterocycles. The second-order valence-electron chi connectivity index (χ2n) is 7.47. The number of rotatable bonds is 7. The lowest BCUT2D eigenvalue weighted by molar-refractivity contribution is -0.121. The molecule has 29 heavy (non-hydrogen) atoms. The molecule has 2 amide bonds. The van der Waals surface area contributed by atoms with Crippen LogP contribution in [0.15, 0.2) is 48.5 Å². The summed E-state index contributed by atoms with van der Waals surface area (Å²) in [7, 11) is 0. The molecule has 0 aliphatic carbocycles. The van der Waals surface area contributed by atoms with E-state index in [1.54, 1.807) is 12.1 Å². The van der Waals surface area contributed by atoms with Crippen molar-refractivity contribution in [3.8, 4) is 0 Å². The topological polar surface area (TPSA) is 61.4 Å². The van der Waals surface area contributed by atoms with Crippen LogP contribution in [0.2, 0.25) is 5.02 Å². The number of benzene rings is 2. The van der Waals surface area contributed by atoms with Crippen molar-refractivity contribution < 1.29 is 9.59 Å². The lowest BCUT2D eigenvalue weighted by Gasteiger charge is -2.31. The number of carbonyl (C=O) groups is 2. The normalized spacial score (nSPS) is 15.1. The monoisotopic (exact) mass is 413 g/mol. The minimum absolute atomic E-state index is 0.00751. The lowest BCUT2D eigenvalue weighted by atomic mass is 9.95. The fraction of sp³-hybridized carbons (Fsp3) is 0.391. The van der Waals surface area contributed by atoms with Gasteiger partial charge in [-0.15, -0.1) is 0 Å². The van der Waals surface area contributed by atoms with Gasteiger partial charge in [0, 0.05) is 24.0 Å². The van der Waals surface area contributed by atoms with Gasteiger partial charge < -0.3 is 10.6 Å². The van der Waals surface area contributed by atoms with E-state index in [0.717, 1.165) is 43.9 Å². The molecule has 0 aromatic heterocycles. The number of hydrogen-bond donors (Lipinski definition) is 2. The van der Waals surface area contributed by atoms with Gasteiger partial charge in [-0.25, -0.2) is 0 Å². The zero-order valence-electron chi connectivity index (χ0n) is 16.8. The van der Waals surface area contributed by atoms with E-state index in [-0.39, 0.29) is 17.7 Å². The second kappa shape index (κ2) is 10.4. The second-order valence-corrected chi connectivity index (χ2v) is 7.90. The number of amides is 2. The van der Waals surface area contributed by atoms with Crippen molar-refractivity contribution in [1.82, 2.24) is 10.2 Å². The summed E-state index contributed by atoms with van der Waals surface area (Å²) in [6.07, 6.45) is 2.49. The Morgan fingerprint density at radius 2 is 1.76 bits per heavy atom. The quantitative estimate of drug-likeness (QED) is 0.710. The maximum Gasteiger partial charge on any atom is 0.253 e. The molecule has 1 fully saturated rings. The molecular formula is C23H28ClN3O2. The van der Waals surface area contributed by atoms with E-state index in [0.29, 0.717) is 17.8 Å². The van der Waals surface area contributed by atoms with Crippen LogP contribution in [0.25, 0.3) is 0 Å². The summed E-state index contributed by atoms with van der Waals surface area (Å²) in [5, 5.41) is 6.59. The Bertz CT molecular complexity index is 830. The van der Waals surface area contributed by atoms with Gasteiger partial charge in [-0.2, -0.15) is 0 Å². The number of piperidine rings is 1. The molecule has 0 saturated carbocycles. The summed E-state index contributed by atoms with van der Waals surface area (Å²) in [5.41, 5.74) is 2.31. The molecule has 1 heterocycles. The molecule has 5 nitrogen and oxygen atoms in total. The largest absolute Gasteiger partial charge is 0.352 e. The Morgan fingerprint density at radius 3 is 2.45 bits per heavy atom. The summed E-state index contributed by atoms with van der Waals surface area (Å²) < 4.78 is 0. The van der Waals surface area contributed by atoms with Crippen molar-refractivity contribution in [2.24, 2.45) is 5.92 Å². The van der Waals surface area contributed by atoms with Crippen LogP contribution in [0.4, 0.5) is 5.69 Å². The maximum atomic E-state index is 12.8. The first-order valence-corrected chi connectivity index (χ1v) is 10.6. The number of halogens is 1. The summed E-state index contributed by atoms with van der Waals surface area (Å²) in [5.74, 6) is -0.198. The minimum Gasteiger partial charge on any atom is -0.352 e. The van der Waals surface area contributed by atoms with Crippen molar-refractivity contribution in [3.63, 3.8) is 0 Å². The molecule has 154 valence electrons. The standard InChI is InChI=1S/C23H28ClN3O2/c1-2-13-25-23(29)20-5-3-4-6-21(20)26-22(28)18-11-14-27(15-12-18)16-17-7-9-19(24)10-8-17/h3-10,18H,2,11-16H2,1H3,(H,25,29)(H,26,28). The molecule has 0 unspecified atom stereocenters. The first kappa shape index (κ1) is 21.3. The molecule has 0 atom stereocenters. The number of nitrogens with zero attached hydrogens (tertiary/aromatic N) is 1. The van der Waals surface area contributed by atoms with Gasteiger partial charge in [-0.05, 0) is 62.2 Å². The SMILES string of the molecule is CCCNC(=O)c1ccccc1NC(=O)C1CCN(Cc2ccc(Cl)cc2)CC1. The van der Waals surface area contributed by atoms with E-state index in [1.807, 2.05) is 43.3 Å². The minimum atomic E-state index is -0.152. The Kier molecular flexibility index (Phi) is 7.67. The predicted octanol–water partition coefficient (Wildman–Crippen LogP) is 4.33. The summed E-state index contributed by atoms with van der Waals surface area (Å²) in [6.45, 7) is 5.24. The van der Waals surface area contributed by atoms with Gasteiger partial charge >= 0.3 is 0 Å². The van der Waals surface area contributed by atoms with Crippen molar-refractivity contribution in [1.29, 1.82) is 0 Å². The van der Waals surface area contributed by atoms with Crippen molar-refractivity contribution in [2.45, 2.75) is 32.7 Å². The summed E-state index contributed by atoms with van der Waals surface area (Å²) in [6, 6.07) is 15.1. The van der Waals surface area contributed by atoms with Crippen molar-refractivity contribution in [3.05, 3.63) is 64.7 Å². The van der Waals surface area contributed by atoms with Crippen LogP contribution in [0.3, 0.4) is 0 Å². The maximum absolute atomic E-state index is 12.8. The van der Waals surface area contributed by atoms with Gasteiger partial charge in [0.05, 0.1) is 11.3 Å². The number of hydrogen-bond acceptors (Lipinski definition) is 3. The average Bonchev–Trinajstić information content (AvgIpc) is 2.74. The summed E-state index contributed by atoms with van der Waals surface area (Å²) >= 11 is 5.95. The van der Waals surface area contributed by atoms with Crippen LogP contribution < -0.4 is 10.6 Å². The molecule has 1 aliphatic rings. The van der Waals surface area contributed by atoms with Gasteiger partial charge in [-0.1, -0.05) is 42.8 Å². The fourth-order valence-electron chi connectivity index (χ4n) is 3.56. The molecule has 2 N–H and O–H groups in total. The molecule has 1 aliphatic heterocycles. The smallest absolute Gasteiger partial charge is 0.253 e. The van der Waals surface area contributed by atoms with Gasteiger partial charge in [0.2, 0.25) is 5.91 Å². The third kappa shape index (κ3) is 6.05. The molecule has 6 heteroatoms. The van der Waals surface area contributed by atoms with Crippen LogP contribution in [-0.2, 0) is 11.3 Å². The van der Waals surface area contributed by atoms with E-state index in [2.05, 4.69) is 15.5 Å². The Labute approximate surface area is 177 Å². The van der Waals surface area contributed by atoms with Crippen molar-refractivity contribution >= 4 is 29.1 Å². The molecule has 0 bridgehead atoms. The molecule has 0 radical (unpaired) electrons. The molecule has 2 aromatic rings. The van der Waals surface area contributed by atoms with Crippen LogP contribution >= 0.6 is 11.6 Å². The third-order valence-electron chi connectivity index (χ3n) is 5.24. The first-order chi connectivity index (χ1) is 14.1. The Balaban J connectivity index is 1.53. The van der Waals surface area contributed by atoms with Gasteiger partial charge in [0.1, 0.15) is 0 Å². The van der Waals surface area contributed by atoms with Gasteiger partial charge in [0.15, 0.2) is 0 Å². The highest BCUT2D eigenvalue weighted by atomic mass is 35.5. The van der Waals surface area contributed by atoms with Crippen LogP contribution in [0, 0.1) is 5.92 Å². The van der Waals surface area contributed by atoms with E-state index in [1.165, 1.54) is 5.56 Å². The zero-order chi connectivity index (χ0) is 20.6. The zero-order valence-corrected chi connectivity index (χ0v) is 17.5. The number of nitrogens with one attached hydrogen (secondary N) is 2. The molecule has 0 spiro atoms. The number of para-hydroxylation sites is 1. The van der Waals surface area contributed by atoms with Gasteiger partial charge in [0.25, 0.3) is 5.91 Å². The van der Waals surface area contributed by atoms with Gasteiger partial charge in [-0.3, -0.25) is 14.5 Å². The van der Waals surface area contributed by atoms with E-state index < -0.39 is 0 Å². The fourth-order valence-corrected chi connectivity index (χ4v) is 3.69. The highest BCUT2D eigenvalue weighted by molar-refractivity contribution is 6.30. The Hall–Kier alpha value is -2.37. The highest BCUT2D eigenvalue weighted by Gasteiger charge is 2.26. The molecule has 2 aromatic carbocycles. The van der Waals surface area contributed by atoms with Crippen LogP contribution in [0.5, 0.6) is 0 Å². The highest BCUT2D eigenvalue weighted by Crippen LogP contribution is 2.23. The van der Waals surface area contributed by atoms with Crippen LogP contribution in [0.1, 0.15) is 42.1 Å². The number of carbonyl (C=O) groups excluding carboxylic acids is 2. The molecule has 3 rings (SSSR count). The van der Waals surface area contributed by atoms with Crippen molar-refractivity contribution in [2.75, 3.05) is 25.0 Å². The van der Waals surface area contributed by atoms with E-state index >= 15 is 0 Å². The number of likely N-dealkylation sites (tertiary alicyclic amines) is 1. The Morgan fingerprint density at radius 1 is 1.07 bits per heavy atom. The summed E-state index contributed by atoms with van der Waals surface area (Å²) in [4.78, 5) is 27.5. The van der Waals surface area contributed by atoms with E-state index in [9.17, 15) is 9.59 Å². The van der Waals surface area contributed by atoms with E-state index in [4.69, 9.17) is 11.6 Å². The third-order valence-corrected chi connectivity index (χ3v) is 5.49. The lowest BCUT2D eigenvalue weighted by Crippen LogP contribution is -2.38. The first-order valence-electron chi connectivity index (χ1n) is 10.2. The number of anilines is 1.